The van der Waals surface area contributed by atoms with Crippen LogP contribution >= 0.6 is 0 Å². The predicted octanol–water partition coefficient (Wildman–Crippen LogP) is 2.03. The lowest BCUT2D eigenvalue weighted by molar-refractivity contribution is -0.117. The van der Waals surface area contributed by atoms with E-state index in [1.54, 1.807) is 30.4 Å². The number of pyridine rings is 2. The highest BCUT2D eigenvalue weighted by Gasteiger charge is 2.29. The Labute approximate surface area is 156 Å². The minimum Gasteiger partial charge on any atom is -0.373 e. The molecule has 0 atom stereocenters. The van der Waals surface area contributed by atoms with E-state index in [4.69, 9.17) is 0 Å². The first-order valence-electron chi connectivity index (χ1n) is 8.87. The molecule has 1 fully saturated rings. The second-order valence-electron chi connectivity index (χ2n) is 6.32. The summed E-state index contributed by atoms with van der Waals surface area (Å²) in [5, 5.41) is 16.0. The van der Waals surface area contributed by atoms with E-state index in [1.807, 2.05) is 13.0 Å². The number of rotatable bonds is 4. The molecule has 4 rings (SSSR count). The maximum Gasteiger partial charge on any atom is 0.228 e. The molecule has 3 aromatic rings. The van der Waals surface area contributed by atoms with E-state index < -0.39 is 0 Å². The van der Waals surface area contributed by atoms with Gasteiger partial charge >= 0.3 is 0 Å². The molecule has 1 aliphatic rings. The Balaban J connectivity index is 1.73. The summed E-state index contributed by atoms with van der Waals surface area (Å²) in [7, 11) is 1.80. The smallest absolute Gasteiger partial charge is 0.228 e. The average molecular weight is 361 g/mol. The third-order valence-electron chi connectivity index (χ3n) is 4.35. The Morgan fingerprint density at radius 2 is 2.07 bits per heavy atom. The van der Waals surface area contributed by atoms with Gasteiger partial charge in [0.25, 0.3) is 0 Å². The molecule has 8 heteroatoms. The van der Waals surface area contributed by atoms with Crippen molar-refractivity contribution in [1.29, 1.82) is 0 Å². The summed E-state index contributed by atoms with van der Waals surface area (Å²) in [5.74, 6) is 7.50. The van der Waals surface area contributed by atoms with Crippen LogP contribution in [0.25, 0.3) is 10.8 Å². The quantitative estimate of drug-likeness (QED) is 0.690. The van der Waals surface area contributed by atoms with Gasteiger partial charge in [0.15, 0.2) is 5.69 Å². The van der Waals surface area contributed by atoms with Gasteiger partial charge in [-0.3, -0.25) is 4.79 Å². The van der Waals surface area contributed by atoms with E-state index in [2.05, 4.69) is 42.6 Å². The molecular weight excluding hydrogens is 342 g/mol. The minimum atomic E-state index is 0.0218. The number of hydrogen-bond acceptors (Lipinski definition) is 6. The van der Waals surface area contributed by atoms with E-state index >= 15 is 0 Å². The van der Waals surface area contributed by atoms with E-state index in [-0.39, 0.29) is 11.8 Å². The van der Waals surface area contributed by atoms with E-state index in [1.165, 1.54) is 0 Å². The predicted molar refractivity (Wildman–Crippen MR) is 102 cm³/mol. The van der Waals surface area contributed by atoms with Crippen molar-refractivity contribution in [3.63, 3.8) is 0 Å². The van der Waals surface area contributed by atoms with Crippen molar-refractivity contribution >= 4 is 28.3 Å². The number of amides is 1. The van der Waals surface area contributed by atoms with Gasteiger partial charge in [-0.15, -0.1) is 5.10 Å². The van der Waals surface area contributed by atoms with Crippen LogP contribution in [0.2, 0.25) is 0 Å². The molecule has 3 aromatic heterocycles. The van der Waals surface area contributed by atoms with Crippen LogP contribution in [0.1, 0.15) is 31.0 Å². The van der Waals surface area contributed by atoms with Gasteiger partial charge in [0.1, 0.15) is 11.6 Å². The van der Waals surface area contributed by atoms with Gasteiger partial charge in [-0.05, 0) is 31.8 Å². The summed E-state index contributed by atoms with van der Waals surface area (Å²) >= 11 is 0. The highest BCUT2D eigenvalue weighted by molar-refractivity contribution is 5.99. The molecule has 136 valence electrons. The Morgan fingerprint density at radius 3 is 2.78 bits per heavy atom. The molecule has 8 nitrogen and oxygen atoms in total. The number of anilines is 2. The van der Waals surface area contributed by atoms with Crippen LogP contribution in [0.15, 0.2) is 24.7 Å². The molecule has 0 radical (unpaired) electrons. The molecule has 0 unspecified atom stereocenters. The fourth-order valence-corrected chi connectivity index (χ4v) is 2.71. The normalized spacial score (nSPS) is 13.1. The molecule has 2 N–H and O–H groups in total. The molecule has 3 heterocycles. The molecular formula is C19H19N7O. The first kappa shape index (κ1) is 17.0. The summed E-state index contributed by atoms with van der Waals surface area (Å²) in [6, 6.07) is 1.84. The summed E-state index contributed by atoms with van der Waals surface area (Å²) < 4.78 is 0. The monoisotopic (exact) mass is 361 g/mol. The van der Waals surface area contributed by atoms with Gasteiger partial charge in [-0.25, -0.2) is 9.97 Å². The lowest BCUT2D eigenvalue weighted by atomic mass is 10.1. The molecule has 0 aliphatic heterocycles. The van der Waals surface area contributed by atoms with Crippen molar-refractivity contribution in [3.8, 4) is 11.8 Å². The summed E-state index contributed by atoms with van der Waals surface area (Å²) in [5.41, 5.74) is 1.33. The van der Waals surface area contributed by atoms with Gasteiger partial charge < -0.3 is 10.6 Å². The summed E-state index contributed by atoms with van der Waals surface area (Å²) in [6.07, 6.45) is 6.94. The van der Waals surface area contributed by atoms with Crippen molar-refractivity contribution in [2.24, 2.45) is 5.92 Å². The lowest BCUT2D eigenvalue weighted by Crippen LogP contribution is -2.14. The van der Waals surface area contributed by atoms with E-state index in [0.29, 0.717) is 23.9 Å². The first-order valence-corrected chi connectivity index (χ1v) is 8.87. The van der Waals surface area contributed by atoms with Gasteiger partial charge in [-0.2, -0.15) is 9.90 Å². The number of aromatic nitrogens is 5. The first-order chi connectivity index (χ1) is 13.2. The van der Waals surface area contributed by atoms with Crippen molar-refractivity contribution < 1.29 is 4.79 Å². The molecule has 1 saturated carbocycles. The molecule has 0 bridgehead atoms. The third kappa shape index (κ3) is 3.58. The second-order valence-corrected chi connectivity index (χ2v) is 6.32. The molecule has 0 spiro atoms. The number of carbonyl (C=O) groups is 1. The van der Waals surface area contributed by atoms with Crippen LogP contribution in [0.5, 0.6) is 0 Å². The van der Waals surface area contributed by atoms with Crippen LogP contribution in [-0.4, -0.2) is 37.9 Å². The van der Waals surface area contributed by atoms with Crippen molar-refractivity contribution in [2.75, 3.05) is 17.7 Å². The third-order valence-corrected chi connectivity index (χ3v) is 4.35. The number of fused-ring (bicyclic) bond motifs is 1. The fourth-order valence-electron chi connectivity index (χ4n) is 2.71. The highest BCUT2D eigenvalue weighted by atomic mass is 16.2. The van der Waals surface area contributed by atoms with Crippen LogP contribution in [-0.2, 0) is 11.3 Å². The molecule has 1 aliphatic carbocycles. The van der Waals surface area contributed by atoms with Crippen molar-refractivity contribution in [1.82, 2.24) is 25.0 Å². The molecule has 27 heavy (non-hydrogen) atoms. The zero-order valence-corrected chi connectivity index (χ0v) is 15.2. The van der Waals surface area contributed by atoms with Gasteiger partial charge in [0.2, 0.25) is 5.91 Å². The minimum absolute atomic E-state index is 0.0218. The van der Waals surface area contributed by atoms with Crippen LogP contribution in [0.3, 0.4) is 0 Å². The van der Waals surface area contributed by atoms with Crippen LogP contribution < -0.4 is 10.6 Å². The molecule has 0 aromatic carbocycles. The topological polar surface area (TPSA) is 97.6 Å². The highest BCUT2D eigenvalue weighted by Crippen LogP contribution is 2.31. The Kier molecular flexibility index (Phi) is 4.42. The number of nitrogens with zero attached hydrogens (tertiary/aromatic N) is 5. The van der Waals surface area contributed by atoms with Gasteiger partial charge in [0, 0.05) is 36.1 Å². The van der Waals surface area contributed by atoms with Crippen LogP contribution in [0.4, 0.5) is 11.6 Å². The lowest BCUT2D eigenvalue weighted by Gasteiger charge is -2.09. The average Bonchev–Trinajstić information content (AvgIpc) is 3.45. The molecule has 0 saturated heterocycles. The van der Waals surface area contributed by atoms with Gasteiger partial charge in [0.05, 0.1) is 18.3 Å². The molecule has 1 amide bonds. The maximum absolute atomic E-state index is 12.0. The van der Waals surface area contributed by atoms with Crippen LogP contribution in [0, 0.1) is 17.8 Å². The number of hydrogen-bond donors (Lipinski definition) is 2. The standard InChI is InChI=1S/C19H19N7O/c1-3-26-23-10-14(25-26)7-6-13-9-22-18(20-2)16-11-21-17(8-15(13)16)24-19(27)12-4-5-12/h8-12H,3-5H2,1-2H3,(H,20,22)(H,21,24,27). The maximum atomic E-state index is 12.0. The largest absolute Gasteiger partial charge is 0.373 e. The number of nitrogens with one attached hydrogen (secondary N) is 2. The fraction of sp³-hybridized carbons (Fsp3) is 0.316. The Hall–Kier alpha value is -3.47. The SMILES string of the molecule is CCn1ncc(C#Cc2cnc(NC)c3cnc(NC(=O)C4CC4)cc23)n1. The van der Waals surface area contributed by atoms with Crippen molar-refractivity contribution in [2.45, 2.75) is 26.3 Å². The van der Waals surface area contributed by atoms with E-state index in [9.17, 15) is 4.79 Å². The summed E-state index contributed by atoms with van der Waals surface area (Å²) in [4.78, 5) is 22.4. The van der Waals surface area contributed by atoms with Crippen molar-refractivity contribution in [3.05, 3.63) is 35.9 Å². The second kappa shape index (κ2) is 7.03. The summed E-state index contributed by atoms with van der Waals surface area (Å²) in [6.45, 7) is 2.66. The van der Waals surface area contributed by atoms with E-state index in [0.717, 1.165) is 29.2 Å². The number of aryl methyl sites for hydroxylation is 1. The number of carbonyl (C=O) groups excluding carboxylic acids is 1. The zero-order valence-electron chi connectivity index (χ0n) is 15.2. The van der Waals surface area contributed by atoms with Gasteiger partial charge in [-0.1, -0.05) is 5.92 Å². The Morgan fingerprint density at radius 1 is 1.22 bits per heavy atom. The Bertz CT molecular complexity index is 1070. The zero-order chi connectivity index (χ0) is 18.8.